The lowest BCUT2D eigenvalue weighted by atomic mass is 10.1. The van der Waals surface area contributed by atoms with Crippen molar-refractivity contribution in [2.75, 3.05) is 0 Å². The summed E-state index contributed by atoms with van der Waals surface area (Å²) in [4.78, 5) is 4.21. The number of aromatic nitrogens is 1. The first kappa shape index (κ1) is 15.8. The quantitative estimate of drug-likeness (QED) is 0.585. The fourth-order valence-electron chi connectivity index (χ4n) is 2.16. The summed E-state index contributed by atoms with van der Waals surface area (Å²) < 4.78 is 5.81. The molecule has 0 aliphatic rings. The van der Waals surface area contributed by atoms with E-state index >= 15 is 0 Å². The number of hydrogen-bond acceptors (Lipinski definition) is 3. The summed E-state index contributed by atoms with van der Waals surface area (Å²) in [7, 11) is 0. The van der Waals surface area contributed by atoms with Crippen LogP contribution in [0.2, 0.25) is 5.02 Å². The van der Waals surface area contributed by atoms with Gasteiger partial charge >= 0.3 is 0 Å². The molecule has 3 aromatic rings. The number of benzene rings is 2. The van der Waals surface area contributed by atoms with Gasteiger partial charge in [-0.3, -0.25) is 4.98 Å². The van der Waals surface area contributed by atoms with Crippen LogP contribution < -0.4 is 4.74 Å². The Morgan fingerprint density at radius 2 is 1.83 bits per heavy atom. The number of nitriles is 1. The summed E-state index contributed by atoms with van der Waals surface area (Å²) in [5.41, 5.74) is 2.01. The van der Waals surface area contributed by atoms with Crippen LogP contribution >= 0.6 is 11.6 Å². The molecule has 24 heavy (non-hydrogen) atoms. The first-order valence-corrected chi connectivity index (χ1v) is 7.69. The number of halogens is 1. The Bertz CT molecular complexity index is 897. The van der Waals surface area contributed by atoms with Gasteiger partial charge in [-0.05, 0) is 60.2 Å². The normalized spacial score (nSPS) is 10.9. The first-order chi connectivity index (χ1) is 11.7. The van der Waals surface area contributed by atoms with Gasteiger partial charge in [-0.1, -0.05) is 29.8 Å². The number of nitrogens with zero attached hydrogens (tertiary/aromatic N) is 2. The van der Waals surface area contributed by atoms with Gasteiger partial charge in [0.1, 0.15) is 17.6 Å². The van der Waals surface area contributed by atoms with E-state index in [9.17, 15) is 5.26 Å². The lowest BCUT2D eigenvalue weighted by Crippen LogP contribution is -1.87. The minimum atomic E-state index is 0.499. The number of hydrogen-bond donors (Lipinski definition) is 0. The minimum Gasteiger partial charge on any atom is -0.457 e. The molecule has 3 nitrogen and oxygen atoms in total. The van der Waals surface area contributed by atoms with E-state index in [1.165, 1.54) is 0 Å². The van der Waals surface area contributed by atoms with Crippen molar-refractivity contribution < 1.29 is 4.74 Å². The van der Waals surface area contributed by atoms with Gasteiger partial charge in [0.25, 0.3) is 0 Å². The predicted octanol–water partition coefficient (Wildman–Crippen LogP) is 5.59. The molecule has 0 saturated carbocycles. The SMILES string of the molecule is N#C/C(=C\c1cccc(Oc2ccc(Cl)cc2)c1)c1ccccn1. The third-order valence-electron chi connectivity index (χ3n) is 3.28. The van der Waals surface area contributed by atoms with Crippen LogP contribution in [0.3, 0.4) is 0 Å². The van der Waals surface area contributed by atoms with E-state index in [4.69, 9.17) is 16.3 Å². The van der Waals surface area contributed by atoms with Gasteiger partial charge in [0.05, 0.1) is 11.3 Å². The second-order valence-electron chi connectivity index (χ2n) is 5.01. The largest absolute Gasteiger partial charge is 0.457 e. The summed E-state index contributed by atoms with van der Waals surface area (Å²) >= 11 is 5.87. The summed E-state index contributed by atoms with van der Waals surface area (Å²) in [5.74, 6) is 1.38. The van der Waals surface area contributed by atoms with Crippen molar-refractivity contribution in [3.05, 3.63) is 89.2 Å². The summed E-state index contributed by atoms with van der Waals surface area (Å²) in [5, 5.41) is 10.0. The molecule has 1 heterocycles. The Hall–Kier alpha value is -3.09. The van der Waals surface area contributed by atoms with Crippen LogP contribution in [0.15, 0.2) is 72.9 Å². The lowest BCUT2D eigenvalue weighted by molar-refractivity contribution is 0.482. The molecule has 4 heteroatoms. The topological polar surface area (TPSA) is 45.9 Å². The van der Waals surface area contributed by atoms with Crippen molar-refractivity contribution in [1.29, 1.82) is 5.26 Å². The molecule has 116 valence electrons. The molecule has 0 atom stereocenters. The molecule has 0 unspecified atom stereocenters. The summed E-state index contributed by atoms with van der Waals surface area (Å²) in [6, 6.07) is 22.3. The minimum absolute atomic E-state index is 0.499. The maximum atomic E-state index is 9.37. The van der Waals surface area contributed by atoms with Gasteiger partial charge < -0.3 is 4.74 Å². The third-order valence-corrected chi connectivity index (χ3v) is 3.53. The predicted molar refractivity (Wildman–Crippen MR) is 95.7 cm³/mol. The maximum Gasteiger partial charge on any atom is 0.128 e. The molecule has 0 bridgehead atoms. The van der Waals surface area contributed by atoms with E-state index in [2.05, 4.69) is 11.1 Å². The van der Waals surface area contributed by atoms with E-state index in [0.717, 1.165) is 5.56 Å². The molecular formula is C20H13ClN2O. The molecular weight excluding hydrogens is 320 g/mol. The smallest absolute Gasteiger partial charge is 0.128 e. The molecule has 0 fully saturated rings. The average molecular weight is 333 g/mol. The van der Waals surface area contributed by atoms with Gasteiger partial charge in [0.2, 0.25) is 0 Å². The van der Waals surface area contributed by atoms with Crippen LogP contribution in [-0.4, -0.2) is 4.98 Å². The highest BCUT2D eigenvalue weighted by molar-refractivity contribution is 6.30. The fraction of sp³-hybridized carbons (Fsp3) is 0. The highest BCUT2D eigenvalue weighted by Crippen LogP contribution is 2.25. The monoisotopic (exact) mass is 332 g/mol. The van der Waals surface area contributed by atoms with Crippen molar-refractivity contribution in [2.24, 2.45) is 0 Å². The highest BCUT2D eigenvalue weighted by atomic mass is 35.5. The average Bonchev–Trinajstić information content (AvgIpc) is 2.63. The molecule has 2 aromatic carbocycles. The lowest BCUT2D eigenvalue weighted by Gasteiger charge is -2.06. The second-order valence-corrected chi connectivity index (χ2v) is 5.45. The Morgan fingerprint density at radius 3 is 2.54 bits per heavy atom. The highest BCUT2D eigenvalue weighted by Gasteiger charge is 2.03. The number of pyridine rings is 1. The van der Waals surface area contributed by atoms with Crippen molar-refractivity contribution >= 4 is 23.3 Å². The third kappa shape index (κ3) is 4.01. The van der Waals surface area contributed by atoms with E-state index in [1.807, 2.05) is 42.5 Å². The molecule has 0 radical (unpaired) electrons. The van der Waals surface area contributed by atoms with Gasteiger partial charge in [-0.2, -0.15) is 5.26 Å². The first-order valence-electron chi connectivity index (χ1n) is 7.31. The zero-order valence-electron chi connectivity index (χ0n) is 12.7. The van der Waals surface area contributed by atoms with Crippen LogP contribution in [0, 0.1) is 11.3 Å². The molecule has 0 aliphatic carbocycles. The summed E-state index contributed by atoms with van der Waals surface area (Å²) in [6.45, 7) is 0. The summed E-state index contributed by atoms with van der Waals surface area (Å²) in [6.07, 6.45) is 3.46. The Labute approximate surface area is 145 Å². The van der Waals surface area contributed by atoms with Crippen molar-refractivity contribution in [2.45, 2.75) is 0 Å². The number of ether oxygens (including phenoxy) is 1. The van der Waals surface area contributed by atoms with Gasteiger partial charge in [-0.25, -0.2) is 0 Å². The van der Waals surface area contributed by atoms with Crippen LogP contribution in [0.25, 0.3) is 11.6 Å². The van der Waals surface area contributed by atoms with E-state index in [1.54, 1.807) is 36.5 Å². The zero-order valence-corrected chi connectivity index (χ0v) is 13.4. The van der Waals surface area contributed by atoms with Gasteiger partial charge in [0, 0.05) is 11.2 Å². The molecule has 1 aromatic heterocycles. The van der Waals surface area contributed by atoms with E-state index < -0.39 is 0 Å². The van der Waals surface area contributed by atoms with Crippen molar-refractivity contribution in [3.63, 3.8) is 0 Å². The number of rotatable bonds is 4. The Morgan fingerprint density at radius 1 is 1.00 bits per heavy atom. The number of allylic oxidation sites excluding steroid dienone is 1. The van der Waals surface area contributed by atoms with Gasteiger partial charge in [-0.15, -0.1) is 0 Å². The van der Waals surface area contributed by atoms with Crippen molar-refractivity contribution in [1.82, 2.24) is 4.98 Å². The fourth-order valence-corrected chi connectivity index (χ4v) is 2.28. The standard InChI is InChI=1S/C20H13ClN2O/c21-17-7-9-18(10-8-17)24-19-5-3-4-15(13-19)12-16(14-22)20-6-1-2-11-23-20/h1-13H/b16-12+. The van der Waals surface area contributed by atoms with Crippen LogP contribution in [0.4, 0.5) is 0 Å². The molecule has 0 saturated heterocycles. The molecule has 0 N–H and O–H groups in total. The van der Waals surface area contributed by atoms with E-state index in [0.29, 0.717) is 27.8 Å². The van der Waals surface area contributed by atoms with Gasteiger partial charge in [0.15, 0.2) is 0 Å². The van der Waals surface area contributed by atoms with Crippen LogP contribution in [-0.2, 0) is 0 Å². The Balaban J connectivity index is 1.86. The maximum absolute atomic E-state index is 9.37. The van der Waals surface area contributed by atoms with E-state index in [-0.39, 0.29) is 0 Å². The van der Waals surface area contributed by atoms with Crippen molar-refractivity contribution in [3.8, 4) is 17.6 Å². The molecule has 0 amide bonds. The molecule has 0 spiro atoms. The second kappa shape index (κ2) is 7.45. The Kier molecular flexibility index (Phi) is 4.90. The van der Waals surface area contributed by atoms with Crippen LogP contribution in [0.1, 0.15) is 11.3 Å². The van der Waals surface area contributed by atoms with Crippen LogP contribution in [0.5, 0.6) is 11.5 Å². The zero-order chi connectivity index (χ0) is 16.8. The molecule has 3 rings (SSSR count). The molecule has 0 aliphatic heterocycles.